The summed E-state index contributed by atoms with van der Waals surface area (Å²) in [7, 11) is 1.62. The van der Waals surface area contributed by atoms with E-state index in [9.17, 15) is 23.6 Å². The van der Waals surface area contributed by atoms with Crippen molar-refractivity contribution < 1.29 is 37.8 Å². The van der Waals surface area contributed by atoms with Crippen LogP contribution in [0.1, 0.15) is 35.7 Å². The van der Waals surface area contributed by atoms with Crippen LogP contribution in [0.4, 0.5) is 4.39 Å². The Bertz CT molecular complexity index is 1860. The summed E-state index contributed by atoms with van der Waals surface area (Å²) in [6.07, 6.45) is -0.00907. The van der Waals surface area contributed by atoms with Crippen molar-refractivity contribution in [2.45, 2.75) is 44.3 Å². The van der Waals surface area contributed by atoms with Gasteiger partial charge in [0, 0.05) is 24.9 Å². The minimum absolute atomic E-state index is 0.0778. The van der Waals surface area contributed by atoms with Gasteiger partial charge < -0.3 is 35.1 Å². The molecule has 52 heavy (non-hydrogen) atoms. The Morgan fingerprint density at radius 2 is 1.71 bits per heavy atom. The zero-order valence-corrected chi connectivity index (χ0v) is 29.5. The summed E-state index contributed by atoms with van der Waals surface area (Å²) in [5.74, 6) is -1.96. The molecule has 3 N–H and O–H groups in total. The second-order valence-electron chi connectivity index (χ2n) is 12.3. The molecule has 0 saturated heterocycles. The molecule has 0 fully saturated rings. The standard InChI is InChI=1S/C39H40ClFN4O7/c1-25(24-51-36-30(41)12-8-14-34(36)52-28-17-15-27(40)16-18-28)42-38(48)31-19-20-35(46)43-32(23-26-9-4-3-5-10-26)39(49)45(2)21-22-50-33-13-7-6-11-29(33)37(47)44-31/h3-18,25,31-32H,19-24H2,1-2H3,(H,42,48)(H,43,46)(H,44,47)/t25-,31+,32-/m1/s1. The monoisotopic (exact) mass is 730 g/mol. The van der Waals surface area contributed by atoms with Crippen LogP contribution in [-0.4, -0.2) is 73.5 Å². The molecule has 0 bridgehead atoms. The van der Waals surface area contributed by atoms with Gasteiger partial charge in [-0.3, -0.25) is 19.2 Å². The smallest absolute Gasteiger partial charge is 0.255 e. The molecule has 1 heterocycles. The van der Waals surface area contributed by atoms with Crippen LogP contribution in [0.2, 0.25) is 5.02 Å². The SMILES string of the molecule is C[C@H](COc1c(F)cccc1Oc1ccc(Cl)cc1)NC(=O)[C@@H]1CCC(=O)N[C@H](Cc2ccccc2)C(=O)N(C)CCOc2ccccc2C(=O)N1. The van der Waals surface area contributed by atoms with Crippen molar-refractivity contribution in [3.63, 3.8) is 0 Å². The number of carbonyl (C=O) groups excluding carboxylic acids is 4. The number of benzene rings is 4. The van der Waals surface area contributed by atoms with E-state index in [0.717, 1.165) is 5.56 Å². The van der Waals surface area contributed by atoms with E-state index in [1.165, 1.54) is 17.0 Å². The maximum absolute atomic E-state index is 14.9. The largest absolute Gasteiger partial charge is 0.491 e. The summed E-state index contributed by atoms with van der Waals surface area (Å²) >= 11 is 5.96. The van der Waals surface area contributed by atoms with Crippen molar-refractivity contribution >= 4 is 35.2 Å². The predicted molar refractivity (Wildman–Crippen MR) is 193 cm³/mol. The predicted octanol–water partition coefficient (Wildman–Crippen LogP) is 5.31. The van der Waals surface area contributed by atoms with Crippen molar-refractivity contribution in [3.8, 4) is 23.0 Å². The van der Waals surface area contributed by atoms with E-state index in [1.807, 2.05) is 30.3 Å². The van der Waals surface area contributed by atoms with E-state index in [-0.39, 0.29) is 67.7 Å². The summed E-state index contributed by atoms with van der Waals surface area (Å²) in [5.41, 5.74) is 1.04. The normalized spacial score (nSPS) is 17.6. The molecule has 0 radical (unpaired) electrons. The lowest BCUT2D eigenvalue weighted by Gasteiger charge is -2.25. The van der Waals surface area contributed by atoms with Crippen LogP contribution < -0.4 is 30.2 Å². The lowest BCUT2D eigenvalue weighted by molar-refractivity contribution is -0.135. The molecule has 4 amide bonds. The number of ether oxygens (including phenoxy) is 3. The highest BCUT2D eigenvalue weighted by molar-refractivity contribution is 6.30. The molecule has 0 saturated carbocycles. The minimum atomic E-state index is -1.16. The third-order valence-electron chi connectivity index (χ3n) is 8.23. The number of halogens is 2. The van der Waals surface area contributed by atoms with Gasteiger partial charge in [-0.15, -0.1) is 0 Å². The van der Waals surface area contributed by atoms with E-state index in [4.69, 9.17) is 25.8 Å². The molecule has 0 unspecified atom stereocenters. The second kappa shape index (κ2) is 18.0. The summed E-state index contributed by atoms with van der Waals surface area (Å²) in [6.45, 7) is 1.77. The summed E-state index contributed by atoms with van der Waals surface area (Å²) in [4.78, 5) is 55.5. The quantitative estimate of drug-likeness (QED) is 0.213. The van der Waals surface area contributed by atoms with Crippen molar-refractivity contribution in [2.24, 2.45) is 0 Å². The average molecular weight is 731 g/mol. The van der Waals surface area contributed by atoms with E-state index < -0.39 is 41.7 Å². The van der Waals surface area contributed by atoms with Crippen LogP contribution >= 0.6 is 11.6 Å². The topological polar surface area (TPSA) is 135 Å². The number of nitrogens with zero attached hydrogens (tertiary/aromatic N) is 1. The first kappa shape index (κ1) is 37.6. The lowest BCUT2D eigenvalue weighted by atomic mass is 10.0. The molecule has 5 rings (SSSR count). The van der Waals surface area contributed by atoms with Gasteiger partial charge in [0.1, 0.15) is 36.8 Å². The van der Waals surface area contributed by atoms with Gasteiger partial charge in [0.05, 0.1) is 18.2 Å². The molecular weight excluding hydrogens is 691 g/mol. The van der Waals surface area contributed by atoms with Crippen LogP contribution in [0, 0.1) is 5.82 Å². The highest BCUT2D eigenvalue weighted by Crippen LogP contribution is 2.34. The van der Waals surface area contributed by atoms with Crippen LogP contribution in [0.5, 0.6) is 23.0 Å². The molecule has 0 aliphatic carbocycles. The zero-order chi connectivity index (χ0) is 37.0. The molecule has 0 aromatic heterocycles. The highest BCUT2D eigenvalue weighted by Gasteiger charge is 2.29. The molecule has 1 aliphatic heterocycles. The maximum atomic E-state index is 14.9. The summed E-state index contributed by atoms with van der Waals surface area (Å²) < 4.78 is 32.4. The molecule has 3 atom stereocenters. The van der Waals surface area contributed by atoms with Gasteiger partial charge in [-0.25, -0.2) is 4.39 Å². The van der Waals surface area contributed by atoms with Crippen LogP contribution in [0.3, 0.4) is 0 Å². The van der Waals surface area contributed by atoms with Gasteiger partial charge >= 0.3 is 0 Å². The number of nitrogens with one attached hydrogen (secondary N) is 3. The van der Waals surface area contributed by atoms with Crippen molar-refractivity contribution in [2.75, 3.05) is 26.8 Å². The Morgan fingerprint density at radius 3 is 2.48 bits per heavy atom. The van der Waals surface area contributed by atoms with Crippen molar-refractivity contribution in [3.05, 3.63) is 119 Å². The Labute approximate surface area is 306 Å². The zero-order valence-electron chi connectivity index (χ0n) is 28.8. The summed E-state index contributed by atoms with van der Waals surface area (Å²) in [6, 6.07) is 23.9. The molecule has 1 aliphatic rings. The molecule has 272 valence electrons. The van der Waals surface area contributed by atoms with Gasteiger partial charge in [-0.05, 0) is 67.4 Å². The third-order valence-corrected chi connectivity index (χ3v) is 8.48. The molecule has 11 nitrogen and oxygen atoms in total. The van der Waals surface area contributed by atoms with Gasteiger partial charge in [0.25, 0.3) is 5.91 Å². The molecule has 0 spiro atoms. The van der Waals surface area contributed by atoms with Gasteiger partial charge in [0.15, 0.2) is 17.3 Å². The van der Waals surface area contributed by atoms with Crippen molar-refractivity contribution in [1.29, 1.82) is 0 Å². The third kappa shape index (κ3) is 10.5. The lowest BCUT2D eigenvalue weighted by Crippen LogP contribution is -2.51. The highest BCUT2D eigenvalue weighted by atomic mass is 35.5. The number of hydrogen-bond donors (Lipinski definition) is 3. The molecule has 13 heteroatoms. The molecule has 4 aromatic carbocycles. The van der Waals surface area contributed by atoms with Gasteiger partial charge in [0.2, 0.25) is 17.7 Å². The number of amides is 4. The number of carbonyl (C=O) groups is 4. The van der Waals surface area contributed by atoms with Crippen LogP contribution in [-0.2, 0) is 20.8 Å². The second-order valence-corrected chi connectivity index (χ2v) is 12.8. The van der Waals surface area contributed by atoms with Crippen LogP contribution in [0.25, 0.3) is 0 Å². The average Bonchev–Trinajstić information content (AvgIpc) is 3.13. The van der Waals surface area contributed by atoms with Gasteiger partial charge in [-0.1, -0.05) is 60.1 Å². The Kier molecular flexibility index (Phi) is 13.1. The first-order valence-electron chi connectivity index (χ1n) is 16.8. The van der Waals surface area contributed by atoms with E-state index in [1.54, 1.807) is 68.6 Å². The fourth-order valence-corrected chi connectivity index (χ4v) is 5.60. The fraction of sp³-hybridized carbons (Fsp3) is 0.282. The first-order valence-corrected chi connectivity index (χ1v) is 17.2. The number of hydrogen-bond acceptors (Lipinski definition) is 7. The molecule has 4 aromatic rings. The minimum Gasteiger partial charge on any atom is -0.491 e. The van der Waals surface area contributed by atoms with Gasteiger partial charge in [-0.2, -0.15) is 0 Å². The number of likely N-dealkylation sites (N-methyl/N-ethyl adjacent to an activating group) is 1. The molecular formula is C39H40ClFN4O7. The van der Waals surface area contributed by atoms with E-state index in [0.29, 0.717) is 10.8 Å². The Morgan fingerprint density at radius 1 is 0.981 bits per heavy atom. The number of para-hydroxylation sites is 2. The van der Waals surface area contributed by atoms with Crippen LogP contribution in [0.15, 0.2) is 97.1 Å². The maximum Gasteiger partial charge on any atom is 0.255 e. The first-order chi connectivity index (χ1) is 25.1. The number of fused-ring (bicyclic) bond motifs is 1. The summed E-state index contributed by atoms with van der Waals surface area (Å²) in [5, 5.41) is 8.87. The van der Waals surface area contributed by atoms with E-state index in [2.05, 4.69) is 16.0 Å². The fourth-order valence-electron chi connectivity index (χ4n) is 5.48. The van der Waals surface area contributed by atoms with E-state index >= 15 is 0 Å². The number of rotatable bonds is 9. The Hall–Kier alpha value is -5.62. The Balaban J connectivity index is 1.30. The van der Waals surface area contributed by atoms with Crippen molar-refractivity contribution in [1.82, 2.24) is 20.9 Å².